The number of hydrogen-bond donors (Lipinski definition) is 2. The topological polar surface area (TPSA) is 63.2 Å². The van der Waals surface area contributed by atoms with Gasteiger partial charge in [0.15, 0.2) is 0 Å². The Morgan fingerprint density at radius 1 is 1.38 bits per heavy atom. The first kappa shape index (κ1) is 15.1. The fourth-order valence-electron chi connectivity index (χ4n) is 1.79. The number of amides is 1. The summed E-state index contributed by atoms with van der Waals surface area (Å²) in [7, 11) is 1.72. The Hall–Kier alpha value is -2.27. The molecule has 2 rings (SSSR count). The number of halogens is 1. The lowest BCUT2D eigenvalue weighted by Crippen LogP contribution is -2.14. The van der Waals surface area contributed by atoms with E-state index >= 15 is 0 Å². The zero-order valence-corrected chi connectivity index (χ0v) is 12.6. The Morgan fingerprint density at radius 3 is 2.86 bits per heavy atom. The van der Waals surface area contributed by atoms with Crippen molar-refractivity contribution >= 4 is 29.0 Å². The van der Waals surface area contributed by atoms with Crippen LogP contribution < -0.4 is 15.4 Å². The largest absolute Gasteiger partial charge is 0.492 e. The van der Waals surface area contributed by atoms with Crippen LogP contribution in [0, 0.1) is 0 Å². The third-order valence-corrected chi connectivity index (χ3v) is 3.09. The normalized spacial score (nSPS) is 10.0. The Labute approximate surface area is 128 Å². The molecule has 6 heteroatoms. The molecule has 0 atom stereocenters. The van der Waals surface area contributed by atoms with Crippen LogP contribution in [0.5, 0.6) is 5.75 Å². The van der Waals surface area contributed by atoms with Gasteiger partial charge < -0.3 is 15.4 Å². The van der Waals surface area contributed by atoms with E-state index in [1.165, 1.54) is 6.20 Å². The molecule has 2 aromatic rings. The molecule has 0 aliphatic rings. The molecule has 0 aliphatic heterocycles. The highest BCUT2D eigenvalue weighted by molar-refractivity contribution is 6.34. The van der Waals surface area contributed by atoms with Gasteiger partial charge in [0.2, 0.25) is 0 Å². The highest BCUT2D eigenvalue weighted by atomic mass is 35.5. The second kappa shape index (κ2) is 6.95. The van der Waals surface area contributed by atoms with Gasteiger partial charge in [0.1, 0.15) is 11.6 Å². The van der Waals surface area contributed by atoms with Crippen molar-refractivity contribution in [1.82, 2.24) is 4.98 Å². The SMILES string of the molecule is CCOc1ccccc1NC(=O)c1cc(NC)ncc1Cl. The lowest BCUT2D eigenvalue weighted by Gasteiger charge is -2.12. The van der Waals surface area contributed by atoms with E-state index in [2.05, 4.69) is 15.6 Å². The molecule has 0 saturated heterocycles. The van der Waals surface area contributed by atoms with Crippen LogP contribution in [0.25, 0.3) is 0 Å². The van der Waals surface area contributed by atoms with Gasteiger partial charge in [-0.1, -0.05) is 23.7 Å². The first-order chi connectivity index (χ1) is 10.2. The van der Waals surface area contributed by atoms with E-state index in [4.69, 9.17) is 16.3 Å². The fraction of sp³-hybridized carbons (Fsp3) is 0.200. The smallest absolute Gasteiger partial charge is 0.257 e. The van der Waals surface area contributed by atoms with Crippen molar-refractivity contribution in [1.29, 1.82) is 0 Å². The van der Waals surface area contributed by atoms with E-state index in [0.717, 1.165) is 0 Å². The summed E-state index contributed by atoms with van der Waals surface area (Å²) in [5.41, 5.74) is 0.950. The molecular formula is C15H16ClN3O2. The minimum atomic E-state index is -0.314. The molecule has 0 bridgehead atoms. The Morgan fingerprint density at radius 2 is 2.14 bits per heavy atom. The van der Waals surface area contributed by atoms with Crippen LogP contribution in [0.3, 0.4) is 0 Å². The summed E-state index contributed by atoms with van der Waals surface area (Å²) in [5.74, 6) is 0.876. The van der Waals surface area contributed by atoms with E-state index in [-0.39, 0.29) is 5.91 Å². The third-order valence-electron chi connectivity index (χ3n) is 2.79. The highest BCUT2D eigenvalue weighted by Crippen LogP contribution is 2.26. The lowest BCUT2D eigenvalue weighted by atomic mass is 10.2. The van der Waals surface area contributed by atoms with E-state index in [1.807, 2.05) is 19.1 Å². The van der Waals surface area contributed by atoms with Crippen molar-refractivity contribution in [3.8, 4) is 5.75 Å². The molecule has 21 heavy (non-hydrogen) atoms. The van der Waals surface area contributed by atoms with Gasteiger partial charge in [-0.25, -0.2) is 4.98 Å². The lowest BCUT2D eigenvalue weighted by molar-refractivity contribution is 0.102. The summed E-state index contributed by atoms with van der Waals surface area (Å²) < 4.78 is 5.48. The van der Waals surface area contributed by atoms with Crippen molar-refractivity contribution < 1.29 is 9.53 Å². The molecule has 0 aliphatic carbocycles. The molecule has 110 valence electrons. The Kier molecular flexibility index (Phi) is 5.00. The minimum absolute atomic E-state index is 0.292. The summed E-state index contributed by atoms with van der Waals surface area (Å²) in [6, 6.07) is 8.84. The molecule has 1 heterocycles. The van der Waals surface area contributed by atoms with Gasteiger partial charge in [-0.15, -0.1) is 0 Å². The first-order valence-electron chi connectivity index (χ1n) is 6.52. The van der Waals surface area contributed by atoms with Gasteiger partial charge in [-0.3, -0.25) is 4.79 Å². The number of benzene rings is 1. The zero-order valence-electron chi connectivity index (χ0n) is 11.8. The van der Waals surface area contributed by atoms with Crippen LogP contribution in [-0.2, 0) is 0 Å². The summed E-state index contributed by atoms with van der Waals surface area (Å²) >= 11 is 6.03. The van der Waals surface area contributed by atoms with Gasteiger partial charge in [-0.2, -0.15) is 0 Å². The number of para-hydroxylation sites is 2. The van der Waals surface area contributed by atoms with Crippen LogP contribution in [0.15, 0.2) is 36.5 Å². The van der Waals surface area contributed by atoms with Crippen LogP contribution in [-0.4, -0.2) is 24.5 Å². The van der Waals surface area contributed by atoms with Crippen molar-refractivity contribution in [3.05, 3.63) is 47.1 Å². The summed E-state index contributed by atoms with van der Waals surface area (Å²) in [6.45, 7) is 2.41. The van der Waals surface area contributed by atoms with Crippen molar-refractivity contribution in [3.63, 3.8) is 0 Å². The maximum Gasteiger partial charge on any atom is 0.257 e. The van der Waals surface area contributed by atoms with E-state index in [0.29, 0.717) is 34.4 Å². The van der Waals surface area contributed by atoms with Gasteiger partial charge >= 0.3 is 0 Å². The number of carbonyl (C=O) groups excluding carboxylic acids is 1. The molecule has 1 amide bonds. The molecule has 1 aromatic heterocycles. The maximum atomic E-state index is 12.4. The summed E-state index contributed by atoms with van der Waals surface area (Å²) in [6.07, 6.45) is 1.44. The Bertz CT molecular complexity index is 647. The van der Waals surface area contributed by atoms with Crippen LogP contribution in [0.1, 0.15) is 17.3 Å². The second-order valence-corrected chi connectivity index (χ2v) is 4.59. The number of ether oxygens (including phenoxy) is 1. The predicted octanol–water partition coefficient (Wildman–Crippen LogP) is 3.43. The molecular weight excluding hydrogens is 290 g/mol. The molecule has 5 nitrogen and oxygen atoms in total. The monoisotopic (exact) mass is 305 g/mol. The van der Waals surface area contributed by atoms with Crippen LogP contribution in [0.4, 0.5) is 11.5 Å². The number of rotatable bonds is 5. The van der Waals surface area contributed by atoms with Crippen molar-refractivity contribution in [2.75, 3.05) is 24.3 Å². The number of pyridine rings is 1. The summed E-state index contributed by atoms with van der Waals surface area (Å²) in [5, 5.41) is 5.96. The zero-order chi connectivity index (χ0) is 15.2. The highest BCUT2D eigenvalue weighted by Gasteiger charge is 2.14. The molecule has 0 radical (unpaired) electrons. The molecule has 2 N–H and O–H groups in total. The molecule has 1 aromatic carbocycles. The summed E-state index contributed by atoms with van der Waals surface area (Å²) in [4.78, 5) is 16.4. The van der Waals surface area contributed by atoms with Crippen LogP contribution in [0.2, 0.25) is 5.02 Å². The molecule has 0 saturated carbocycles. The van der Waals surface area contributed by atoms with Crippen molar-refractivity contribution in [2.24, 2.45) is 0 Å². The fourth-order valence-corrected chi connectivity index (χ4v) is 1.98. The third kappa shape index (κ3) is 3.64. The van der Waals surface area contributed by atoms with E-state index < -0.39 is 0 Å². The van der Waals surface area contributed by atoms with Crippen molar-refractivity contribution in [2.45, 2.75) is 6.92 Å². The molecule has 0 fully saturated rings. The number of nitrogens with zero attached hydrogens (tertiary/aromatic N) is 1. The predicted molar refractivity (Wildman–Crippen MR) is 84.4 cm³/mol. The Balaban J connectivity index is 2.26. The van der Waals surface area contributed by atoms with Gasteiger partial charge in [0, 0.05) is 13.2 Å². The number of anilines is 2. The first-order valence-corrected chi connectivity index (χ1v) is 6.90. The average Bonchev–Trinajstić information content (AvgIpc) is 2.50. The van der Waals surface area contributed by atoms with E-state index in [9.17, 15) is 4.79 Å². The van der Waals surface area contributed by atoms with Gasteiger partial charge in [-0.05, 0) is 25.1 Å². The van der Waals surface area contributed by atoms with Gasteiger partial charge in [0.05, 0.1) is 22.9 Å². The molecule has 0 spiro atoms. The van der Waals surface area contributed by atoms with E-state index in [1.54, 1.807) is 25.2 Å². The number of hydrogen-bond acceptors (Lipinski definition) is 4. The average molecular weight is 306 g/mol. The number of carbonyl (C=O) groups is 1. The molecule has 0 unspecified atom stereocenters. The number of nitrogens with one attached hydrogen (secondary N) is 2. The van der Waals surface area contributed by atoms with Gasteiger partial charge in [0.25, 0.3) is 5.91 Å². The standard InChI is InChI=1S/C15H16ClN3O2/c1-3-21-13-7-5-4-6-12(13)19-15(20)10-8-14(17-2)18-9-11(10)16/h4-9H,3H2,1-2H3,(H,17,18)(H,19,20). The second-order valence-electron chi connectivity index (χ2n) is 4.18. The quantitative estimate of drug-likeness (QED) is 0.888. The minimum Gasteiger partial charge on any atom is -0.492 e. The van der Waals surface area contributed by atoms with Crippen LogP contribution >= 0.6 is 11.6 Å². The number of aromatic nitrogens is 1. The maximum absolute atomic E-state index is 12.4.